The minimum Gasteiger partial charge on any atom is -0.458 e. The first-order valence-electron chi connectivity index (χ1n) is 10.0. The van der Waals surface area contributed by atoms with E-state index in [4.69, 9.17) is 9.47 Å². The summed E-state index contributed by atoms with van der Waals surface area (Å²) in [5.41, 5.74) is 0.833. The molecule has 0 saturated heterocycles. The fraction of sp³-hybridized carbons (Fsp3) is 0.455. The van der Waals surface area contributed by atoms with Gasteiger partial charge < -0.3 is 24.6 Å². The number of hydrogen-bond donors (Lipinski definition) is 1. The van der Waals surface area contributed by atoms with Crippen LogP contribution in [0.1, 0.15) is 26.3 Å². The second-order valence-corrected chi connectivity index (χ2v) is 10.5. The van der Waals surface area contributed by atoms with Gasteiger partial charge in [-0.3, -0.25) is 0 Å². The molecule has 0 spiro atoms. The van der Waals surface area contributed by atoms with Gasteiger partial charge in [0.25, 0.3) is 0 Å². The molecule has 10 heteroatoms. The molecule has 32 heavy (non-hydrogen) atoms. The van der Waals surface area contributed by atoms with E-state index in [1.807, 2.05) is 0 Å². The van der Waals surface area contributed by atoms with Crippen molar-refractivity contribution in [3.63, 3.8) is 0 Å². The maximum absolute atomic E-state index is 12.9. The number of nitrogens with one attached hydrogen (secondary N) is 1. The van der Waals surface area contributed by atoms with Gasteiger partial charge in [-0.1, -0.05) is 12.1 Å². The van der Waals surface area contributed by atoms with Crippen molar-refractivity contribution in [1.82, 2.24) is 15.1 Å². The summed E-state index contributed by atoms with van der Waals surface area (Å²) in [6, 6.07) is 5.90. The number of ether oxygens (including phenoxy) is 2. The summed E-state index contributed by atoms with van der Waals surface area (Å²) >= 11 is 0. The van der Waals surface area contributed by atoms with E-state index in [-0.39, 0.29) is 6.42 Å². The molecule has 0 bridgehead atoms. The predicted octanol–water partition coefficient (Wildman–Crippen LogP) is 2.26. The van der Waals surface area contributed by atoms with Crippen molar-refractivity contribution in [3.05, 3.63) is 52.0 Å². The van der Waals surface area contributed by atoms with Crippen LogP contribution in [0.5, 0.6) is 5.75 Å². The lowest BCUT2D eigenvalue weighted by Gasteiger charge is -2.27. The average molecular weight is 466 g/mol. The first-order valence-corrected chi connectivity index (χ1v) is 11.6. The Morgan fingerprint density at radius 1 is 1.03 bits per heavy atom. The van der Waals surface area contributed by atoms with Crippen LogP contribution in [0, 0.1) is 0 Å². The van der Waals surface area contributed by atoms with Crippen LogP contribution in [0.25, 0.3) is 0 Å². The fourth-order valence-electron chi connectivity index (χ4n) is 2.81. The van der Waals surface area contributed by atoms with Crippen LogP contribution in [-0.2, 0) is 25.8 Å². The maximum atomic E-state index is 12.9. The number of rotatable bonds is 7. The monoisotopic (exact) mass is 465 g/mol. The Morgan fingerprint density at radius 3 is 2.12 bits per heavy atom. The van der Waals surface area contributed by atoms with E-state index in [2.05, 4.69) is 5.32 Å². The number of likely N-dealkylation sites (N-methyl/N-ethyl adjacent to an activating group) is 1. The molecule has 0 radical (unpaired) electrons. The third-order valence-electron chi connectivity index (χ3n) is 4.27. The highest BCUT2D eigenvalue weighted by Gasteiger charge is 2.30. The van der Waals surface area contributed by atoms with Gasteiger partial charge in [-0.2, -0.15) is 0 Å². The lowest BCUT2D eigenvalue weighted by atomic mass is 10.0. The van der Waals surface area contributed by atoms with Crippen molar-refractivity contribution < 1.29 is 27.5 Å². The van der Waals surface area contributed by atoms with E-state index in [0.29, 0.717) is 17.1 Å². The van der Waals surface area contributed by atoms with E-state index in [0.717, 1.165) is 16.4 Å². The molecule has 1 aromatic rings. The Labute approximate surface area is 189 Å². The Bertz CT molecular complexity index is 1020. The lowest BCUT2D eigenvalue weighted by Crippen LogP contribution is -2.43. The topological polar surface area (TPSA) is 105 Å². The zero-order chi connectivity index (χ0) is 24.3. The molecule has 0 aromatic heterocycles. The molecule has 1 N–H and O–H groups in total. The highest BCUT2D eigenvalue weighted by atomic mass is 32.2. The van der Waals surface area contributed by atoms with E-state index < -0.39 is 33.5 Å². The van der Waals surface area contributed by atoms with Crippen molar-refractivity contribution in [3.8, 4) is 5.75 Å². The molecule has 1 atom stereocenters. The Hall–Kier alpha value is -3.01. The fourth-order valence-corrected chi connectivity index (χ4v) is 4.04. The normalized spacial score (nSPS) is 15.8. The molecular formula is C22H31N3O6S. The van der Waals surface area contributed by atoms with Crippen LogP contribution in [0.2, 0.25) is 0 Å². The second kappa shape index (κ2) is 9.64. The summed E-state index contributed by atoms with van der Waals surface area (Å²) in [4.78, 5) is 27.6. The van der Waals surface area contributed by atoms with Gasteiger partial charge in [-0.15, -0.1) is 0 Å². The van der Waals surface area contributed by atoms with Crippen molar-refractivity contribution in [1.29, 1.82) is 0 Å². The summed E-state index contributed by atoms with van der Waals surface area (Å²) < 4.78 is 34.9. The quantitative estimate of drug-likeness (QED) is 0.612. The second-order valence-electron chi connectivity index (χ2n) is 8.86. The van der Waals surface area contributed by atoms with E-state index in [9.17, 15) is 18.0 Å². The van der Waals surface area contributed by atoms with Crippen LogP contribution in [0.15, 0.2) is 46.5 Å². The van der Waals surface area contributed by atoms with Crippen LogP contribution in [-0.4, -0.2) is 70.1 Å². The zero-order valence-corrected chi connectivity index (χ0v) is 20.3. The van der Waals surface area contributed by atoms with Crippen LogP contribution in [0.4, 0.5) is 4.79 Å². The minimum atomic E-state index is -3.53. The molecule has 0 aliphatic carbocycles. The number of esters is 1. The standard InChI is InChI=1S/C22H31N3O6S/c1-22(2,3)31-20(26)17(23-18-13-32(28,29)14-19(18)24(4)5)12-15-8-10-16(11-9-15)30-21(27)25(6)7/h8-11,13-14,17,23H,12H2,1-7H3/t17-/m0/s1. The van der Waals surface area contributed by atoms with Gasteiger partial charge in [0, 0.05) is 34.6 Å². The van der Waals surface area contributed by atoms with Gasteiger partial charge in [0.05, 0.1) is 22.2 Å². The molecule has 0 unspecified atom stereocenters. The Balaban J connectivity index is 2.26. The Morgan fingerprint density at radius 2 is 1.62 bits per heavy atom. The van der Waals surface area contributed by atoms with Gasteiger partial charge in [0.2, 0.25) is 0 Å². The molecule has 1 amide bonds. The first kappa shape index (κ1) is 25.3. The van der Waals surface area contributed by atoms with Crippen LogP contribution in [0.3, 0.4) is 0 Å². The third kappa shape index (κ3) is 7.30. The number of carbonyl (C=O) groups is 2. The summed E-state index contributed by atoms with van der Waals surface area (Å²) in [6.45, 7) is 5.29. The van der Waals surface area contributed by atoms with Crippen molar-refractivity contribution in [2.75, 3.05) is 28.2 Å². The molecule has 0 saturated carbocycles. The molecule has 9 nitrogen and oxygen atoms in total. The molecule has 2 rings (SSSR count). The summed E-state index contributed by atoms with van der Waals surface area (Å²) in [7, 11) is 3.09. The molecule has 1 aliphatic rings. The van der Waals surface area contributed by atoms with E-state index in [1.165, 1.54) is 4.90 Å². The molecular weight excluding hydrogens is 434 g/mol. The van der Waals surface area contributed by atoms with Crippen LogP contribution < -0.4 is 10.1 Å². The number of nitrogens with zero attached hydrogens (tertiary/aromatic N) is 2. The summed E-state index contributed by atoms with van der Waals surface area (Å²) in [5.74, 6) is -0.138. The molecule has 0 fully saturated rings. The summed E-state index contributed by atoms with van der Waals surface area (Å²) in [6.07, 6.45) is -0.266. The largest absolute Gasteiger partial charge is 0.458 e. The number of hydrogen-bond acceptors (Lipinski definition) is 8. The molecule has 1 aromatic carbocycles. The third-order valence-corrected chi connectivity index (χ3v) is 5.39. The van der Waals surface area contributed by atoms with Gasteiger partial charge in [0.1, 0.15) is 17.4 Å². The smallest absolute Gasteiger partial charge is 0.414 e. The molecule has 176 valence electrons. The number of amides is 1. The number of sulfone groups is 1. The Kier molecular flexibility index (Phi) is 7.61. The summed E-state index contributed by atoms with van der Waals surface area (Å²) in [5, 5.41) is 5.29. The minimum absolute atomic E-state index is 0.231. The number of carbonyl (C=O) groups excluding carboxylic acids is 2. The maximum Gasteiger partial charge on any atom is 0.414 e. The van der Waals surface area contributed by atoms with Crippen molar-refractivity contribution >= 4 is 21.9 Å². The zero-order valence-electron chi connectivity index (χ0n) is 19.5. The lowest BCUT2D eigenvalue weighted by molar-refractivity contribution is -0.157. The average Bonchev–Trinajstić information content (AvgIpc) is 2.95. The highest BCUT2D eigenvalue weighted by molar-refractivity contribution is 7.97. The van der Waals surface area contributed by atoms with Gasteiger partial charge in [-0.25, -0.2) is 18.0 Å². The molecule has 1 heterocycles. The number of benzene rings is 1. The SMILES string of the molecule is CN(C)C(=O)Oc1ccc(C[C@H](NC2=CS(=O)(=O)C=C2N(C)C)C(=O)OC(C)(C)C)cc1. The van der Waals surface area contributed by atoms with E-state index in [1.54, 1.807) is 78.1 Å². The first-order chi connectivity index (χ1) is 14.7. The van der Waals surface area contributed by atoms with E-state index >= 15 is 0 Å². The van der Waals surface area contributed by atoms with Gasteiger partial charge in [-0.05, 0) is 38.5 Å². The van der Waals surface area contributed by atoms with Gasteiger partial charge in [0.15, 0.2) is 9.84 Å². The van der Waals surface area contributed by atoms with Crippen molar-refractivity contribution in [2.24, 2.45) is 0 Å². The highest BCUT2D eigenvalue weighted by Crippen LogP contribution is 2.24. The van der Waals surface area contributed by atoms with Crippen LogP contribution >= 0.6 is 0 Å². The van der Waals surface area contributed by atoms with Gasteiger partial charge >= 0.3 is 12.1 Å². The molecule has 1 aliphatic heterocycles. The van der Waals surface area contributed by atoms with Crippen molar-refractivity contribution in [2.45, 2.75) is 38.8 Å². The predicted molar refractivity (Wildman–Crippen MR) is 121 cm³/mol.